The number of phenolic OH excluding ortho intramolecular Hbond substituents is 1. The van der Waals surface area contributed by atoms with E-state index in [1.165, 1.54) is 12.1 Å². The molecule has 0 aromatic heterocycles. The van der Waals surface area contributed by atoms with Crippen LogP contribution in [0.3, 0.4) is 0 Å². The van der Waals surface area contributed by atoms with Crippen LogP contribution < -0.4 is 17.2 Å². The summed E-state index contributed by atoms with van der Waals surface area (Å²) in [7, 11) is 0. The van der Waals surface area contributed by atoms with Gasteiger partial charge in [0.05, 0.1) is 5.69 Å². The van der Waals surface area contributed by atoms with Crippen molar-refractivity contribution in [1.29, 1.82) is 0 Å². The van der Waals surface area contributed by atoms with Gasteiger partial charge in [0.1, 0.15) is 5.75 Å². The molecule has 0 aliphatic heterocycles. The van der Waals surface area contributed by atoms with Gasteiger partial charge in [-0.25, -0.2) is 4.99 Å². The lowest BCUT2D eigenvalue weighted by molar-refractivity contribution is 0.475. The zero-order valence-corrected chi connectivity index (χ0v) is 9.83. The first kappa shape index (κ1) is 16.8. The van der Waals surface area contributed by atoms with Crippen molar-refractivity contribution in [3.8, 4) is 5.75 Å². The third-order valence-corrected chi connectivity index (χ3v) is 1.34. The number of nitrogens with zero attached hydrogens (tertiary/aromatic N) is 2. The average molecular weight is 266 g/mol. The molecule has 0 atom stereocenters. The van der Waals surface area contributed by atoms with Crippen LogP contribution in [0.4, 0.5) is 5.69 Å². The minimum Gasteiger partial charge on any atom is -0.508 e. The molecule has 0 spiro atoms. The molecule has 1 aromatic carbocycles. The second-order valence-corrected chi connectivity index (χ2v) is 2.52. The highest BCUT2D eigenvalue weighted by molar-refractivity contribution is 5.93. The maximum absolute atomic E-state index is 8.99. The molecule has 16 heavy (non-hydrogen) atoms. The third-order valence-electron chi connectivity index (χ3n) is 1.34. The zero-order chi connectivity index (χ0) is 10.6. The van der Waals surface area contributed by atoms with Gasteiger partial charge in [0.25, 0.3) is 0 Å². The molecule has 0 amide bonds. The maximum atomic E-state index is 8.99. The summed E-state index contributed by atoms with van der Waals surface area (Å²) in [6, 6.07) is 6.15. The first-order valence-electron chi connectivity index (χ1n) is 3.81. The van der Waals surface area contributed by atoms with E-state index in [9.17, 15) is 0 Å². The summed E-state index contributed by atoms with van der Waals surface area (Å²) >= 11 is 0. The summed E-state index contributed by atoms with van der Waals surface area (Å²) in [5, 5.41) is 8.99. The number of guanidine groups is 2. The predicted molar refractivity (Wildman–Crippen MR) is 69.7 cm³/mol. The highest BCUT2D eigenvalue weighted by atomic mass is 35.5. The normalized spacial score (nSPS) is 9.62. The SMILES string of the molecule is Cl.Cl.NC(N)=NC(N)=Nc1ccc(O)cc1. The van der Waals surface area contributed by atoms with Crippen LogP contribution in [0.25, 0.3) is 0 Å². The van der Waals surface area contributed by atoms with Crippen LogP contribution in [0.15, 0.2) is 34.3 Å². The zero-order valence-electron chi connectivity index (χ0n) is 8.20. The highest BCUT2D eigenvalue weighted by Gasteiger charge is 1.92. The minimum absolute atomic E-state index is 0. The van der Waals surface area contributed by atoms with E-state index in [1.54, 1.807) is 12.1 Å². The molecule has 7 N–H and O–H groups in total. The fourth-order valence-corrected chi connectivity index (χ4v) is 0.817. The Balaban J connectivity index is 0. The van der Waals surface area contributed by atoms with Gasteiger partial charge in [0.15, 0.2) is 5.96 Å². The smallest absolute Gasteiger partial charge is 0.223 e. The number of aromatic hydroxyl groups is 1. The van der Waals surface area contributed by atoms with Crippen molar-refractivity contribution >= 4 is 42.4 Å². The van der Waals surface area contributed by atoms with E-state index in [-0.39, 0.29) is 42.5 Å². The van der Waals surface area contributed by atoms with Gasteiger partial charge in [-0.3, -0.25) is 0 Å². The Morgan fingerprint density at radius 1 is 1.00 bits per heavy atom. The summed E-state index contributed by atoms with van der Waals surface area (Å²) in [5.74, 6) is -0.0231. The van der Waals surface area contributed by atoms with Crippen LogP contribution in [-0.4, -0.2) is 17.0 Å². The van der Waals surface area contributed by atoms with Crippen molar-refractivity contribution in [1.82, 2.24) is 0 Å². The van der Waals surface area contributed by atoms with Crippen LogP contribution in [0.5, 0.6) is 5.75 Å². The Morgan fingerprint density at radius 2 is 1.50 bits per heavy atom. The van der Waals surface area contributed by atoms with Gasteiger partial charge in [0, 0.05) is 0 Å². The third kappa shape index (κ3) is 5.94. The lowest BCUT2D eigenvalue weighted by atomic mass is 10.3. The number of benzene rings is 1. The molecule has 0 unspecified atom stereocenters. The summed E-state index contributed by atoms with van der Waals surface area (Å²) in [4.78, 5) is 7.41. The topological polar surface area (TPSA) is 123 Å². The van der Waals surface area contributed by atoms with E-state index in [4.69, 9.17) is 22.3 Å². The monoisotopic (exact) mass is 265 g/mol. The van der Waals surface area contributed by atoms with Crippen LogP contribution in [-0.2, 0) is 0 Å². The molecule has 8 heteroatoms. The van der Waals surface area contributed by atoms with E-state index in [2.05, 4.69) is 9.98 Å². The number of halogens is 2. The molecule has 6 nitrogen and oxygen atoms in total. The lowest BCUT2D eigenvalue weighted by Crippen LogP contribution is -2.26. The predicted octanol–water partition coefficient (Wildman–Crippen LogP) is 0.455. The van der Waals surface area contributed by atoms with Gasteiger partial charge in [-0.05, 0) is 24.3 Å². The van der Waals surface area contributed by atoms with E-state index < -0.39 is 0 Å². The number of hydrogen-bond acceptors (Lipinski definition) is 2. The standard InChI is InChI=1S/C8H11N5O.2ClH/c9-7(10)13-8(11)12-5-1-3-6(14)4-2-5;;/h1-4,14H,(H6,9,10,11,12,13);2*1H. The fourth-order valence-electron chi connectivity index (χ4n) is 0.817. The quantitative estimate of drug-likeness (QED) is 0.435. The molecule has 90 valence electrons. The minimum atomic E-state index is -0.148. The lowest BCUT2D eigenvalue weighted by Gasteiger charge is -1.96. The molecule has 0 heterocycles. The van der Waals surface area contributed by atoms with Crippen molar-refractivity contribution < 1.29 is 5.11 Å². The summed E-state index contributed by atoms with van der Waals surface area (Å²) in [6.45, 7) is 0. The van der Waals surface area contributed by atoms with E-state index >= 15 is 0 Å². The van der Waals surface area contributed by atoms with Crippen LogP contribution in [0.1, 0.15) is 0 Å². The summed E-state index contributed by atoms with van der Waals surface area (Å²) < 4.78 is 0. The summed E-state index contributed by atoms with van der Waals surface area (Å²) in [6.07, 6.45) is 0. The Kier molecular flexibility index (Phi) is 7.97. The molecule has 1 rings (SSSR count). The fraction of sp³-hybridized carbons (Fsp3) is 0. The van der Waals surface area contributed by atoms with Gasteiger partial charge < -0.3 is 22.3 Å². The molecule has 0 aliphatic rings. The molecular weight excluding hydrogens is 253 g/mol. The summed E-state index contributed by atoms with van der Waals surface area (Å²) in [5.41, 5.74) is 16.1. The molecule has 0 saturated carbocycles. The number of hydrogen-bond donors (Lipinski definition) is 4. The largest absolute Gasteiger partial charge is 0.508 e. The second-order valence-electron chi connectivity index (χ2n) is 2.52. The van der Waals surface area contributed by atoms with E-state index in [1.807, 2.05) is 0 Å². The molecule has 0 aliphatic carbocycles. The molecule has 1 aromatic rings. The Morgan fingerprint density at radius 3 is 1.94 bits per heavy atom. The van der Waals surface area contributed by atoms with Gasteiger partial charge in [-0.1, -0.05) is 0 Å². The Labute approximate surface area is 105 Å². The second kappa shape index (κ2) is 7.61. The van der Waals surface area contributed by atoms with Crippen molar-refractivity contribution in [2.24, 2.45) is 27.2 Å². The van der Waals surface area contributed by atoms with Crippen molar-refractivity contribution in [2.45, 2.75) is 0 Å². The maximum Gasteiger partial charge on any atom is 0.223 e. The van der Waals surface area contributed by atoms with E-state index in [0.29, 0.717) is 5.69 Å². The van der Waals surface area contributed by atoms with Crippen molar-refractivity contribution in [3.05, 3.63) is 24.3 Å². The van der Waals surface area contributed by atoms with Crippen LogP contribution in [0.2, 0.25) is 0 Å². The first-order valence-corrected chi connectivity index (χ1v) is 3.81. The molecule has 0 radical (unpaired) electrons. The average Bonchev–Trinajstić information content (AvgIpc) is 2.07. The number of aliphatic imine (C=N–C) groups is 2. The number of nitrogens with two attached hydrogens (primary N) is 3. The van der Waals surface area contributed by atoms with Crippen LogP contribution in [0, 0.1) is 0 Å². The van der Waals surface area contributed by atoms with Crippen molar-refractivity contribution in [3.63, 3.8) is 0 Å². The molecule has 0 fully saturated rings. The van der Waals surface area contributed by atoms with Crippen molar-refractivity contribution in [2.75, 3.05) is 0 Å². The number of rotatable bonds is 1. The number of phenols is 1. The highest BCUT2D eigenvalue weighted by Crippen LogP contribution is 2.16. The van der Waals surface area contributed by atoms with Gasteiger partial charge in [-0.2, -0.15) is 4.99 Å². The molecule has 0 saturated heterocycles. The first-order chi connectivity index (χ1) is 6.58. The van der Waals surface area contributed by atoms with Crippen LogP contribution >= 0.6 is 24.8 Å². The van der Waals surface area contributed by atoms with Gasteiger partial charge in [0.2, 0.25) is 5.96 Å². The van der Waals surface area contributed by atoms with Gasteiger partial charge in [-0.15, -0.1) is 24.8 Å². The Hall–Kier alpha value is -1.66. The Bertz CT molecular complexity index is 373. The van der Waals surface area contributed by atoms with E-state index in [0.717, 1.165) is 0 Å². The van der Waals surface area contributed by atoms with Gasteiger partial charge >= 0.3 is 0 Å². The molecular formula is C8H13Cl2N5O. The molecule has 0 bridgehead atoms.